The summed E-state index contributed by atoms with van der Waals surface area (Å²) in [5.74, 6) is 0.390. The van der Waals surface area contributed by atoms with Crippen molar-refractivity contribution in [2.24, 2.45) is 11.0 Å². The summed E-state index contributed by atoms with van der Waals surface area (Å²) in [7, 11) is 0.484. The van der Waals surface area contributed by atoms with Crippen LogP contribution in [0.2, 0.25) is 51.4 Å². The molecule has 0 amide bonds. The number of benzene rings is 1. The molecule has 2 aliphatic rings. The van der Waals surface area contributed by atoms with Crippen LogP contribution >= 0.6 is 0 Å². The van der Waals surface area contributed by atoms with E-state index in [1.807, 2.05) is 39.8 Å². The Balaban J connectivity index is 0.000000191. The predicted molar refractivity (Wildman–Crippen MR) is 252 cm³/mol. The standard InChI is InChI=1S/C23H28N5O3Si.C23H27N5O3Si/c1-30-23(29)18-7-9-24-22(14-18)28-21(8-10-25-28)17-5-6-19-15-27(26-20(19)13-17)16-31-11-12-32(2,3)4;1-30-23(29)18-7-9-24-22(14-18)28-20(8-10-25-28)17-5-6-19-15-26-27(21(19)13-17)16-31-11-12-32(2,3)4/h5-10,13-15,19H,11-12,16H2,1-4H3;5-10,13-15H,11-12,16H2,1-4H3/q+1;. The van der Waals surface area contributed by atoms with Crippen LogP contribution in [0.1, 0.15) is 26.4 Å². The minimum absolute atomic E-state index is 0.136. The molecular weight excluding hydrogens is 845 g/mol. The number of pyridine rings is 2. The van der Waals surface area contributed by atoms with Crippen LogP contribution in [-0.2, 0) is 25.7 Å². The van der Waals surface area contributed by atoms with E-state index in [2.05, 4.69) is 95.1 Å². The van der Waals surface area contributed by atoms with Gasteiger partial charge in [0.1, 0.15) is 18.4 Å². The lowest BCUT2D eigenvalue weighted by Gasteiger charge is -2.15. The number of carbonyl (C=O) groups excluding carboxylic acids is 2. The van der Waals surface area contributed by atoms with Gasteiger partial charge < -0.3 is 18.9 Å². The summed E-state index contributed by atoms with van der Waals surface area (Å²) in [6, 6.07) is 18.8. The number of hydrazone groups is 1. The van der Waals surface area contributed by atoms with E-state index in [4.69, 9.17) is 24.0 Å². The van der Waals surface area contributed by atoms with Crippen molar-refractivity contribution in [2.45, 2.75) is 58.1 Å². The largest absolute Gasteiger partial charge is 0.465 e. The average molecular weight is 900 g/mol. The molecule has 0 saturated carbocycles. The third kappa shape index (κ3) is 11.4. The highest BCUT2D eigenvalue weighted by Crippen LogP contribution is 2.28. The molecule has 8 rings (SSSR count). The average Bonchev–Trinajstić information content (AvgIpc) is 4.12. The maximum absolute atomic E-state index is 11.9. The molecule has 5 aromatic heterocycles. The number of methoxy groups -OCH3 is 2. The molecule has 0 fully saturated rings. The number of hydrogen-bond acceptors (Lipinski definition) is 12. The Labute approximate surface area is 374 Å². The van der Waals surface area contributed by atoms with Gasteiger partial charge in [0.25, 0.3) is 6.73 Å². The van der Waals surface area contributed by atoms with Crippen molar-refractivity contribution in [3.63, 3.8) is 0 Å². The number of carbonyl (C=O) groups is 2. The SMILES string of the molecule is COC(=O)c1ccnc(-n2nccc2-c2ccc3cnn(COCC[Si](C)(C)C)c3c2)c1.COC(=O)c1ccnc(-n2nccc2C2=CC3=N[N+](COCC[Si](C)(C)C)=CC3C=C2)c1. The molecule has 6 heterocycles. The Kier molecular flexibility index (Phi) is 14.2. The summed E-state index contributed by atoms with van der Waals surface area (Å²) in [5.41, 5.74) is 6.44. The Hall–Kier alpha value is -6.48. The molecule has 1 atom stereocenters. The first-order valence-corrected chi connectivity index (χ1v) is 28.5. The first-order valence-electron chi connectivity index (χ1n) is 21.1. The van der Waals surface area contributed by atoms with Crippen LogP contribution in [-0.4, -0.2) is 118 Å². The quantitative estimate of drug-likeness (QED) is 0.0403. The van der Waals surface area contributed by atoms with Crippen LogP contribution in [0.4, 0.5) is 0 Å². The Morgan fingerprint density at radius 2 is 1.33 bits per heavy atom. The molecule has 16 nitrogen and oxygen atoms in total. The third-order valence-electron chi connectivity index (χ3n) is 10.4. The lowest BCUT2D eigenvalue weighted by Crippen LogP contribution is -2.22. The van der Waals surface area contributed by atoms with E-state index in [9.17, 15) is 9.59 Å². The van der Waals surface area contributed by atoms with E-state index in [0.29, 0.717) is 36.2 Å². The van der Waals surface area contributed by atoms with Gasteiger partial charge in [0.05, 0.1) is 67.4 Å². The summed E-state index contributed by atoms with van der Waals surface area (Å²) in [4.78, 5) is 32.6. The molecule has 18 heteroatoms. The van der Waals surface area contributed by atoms with Crippen LogP contribution < -0.4 is 0 Å². The second-order valence-electron chi connectivity index (χ2n) is 17.8. The van der Waals surface area contributed by atoms with Gasteiger partial charge >= 0.3 is 11.9 Å². The second-order valence-corrected chi connectivity index (χ2v) is 29.0. The molecular formula is C46H55N10O6Si2+. The van der Waals surface area contributed by atoms with Gasteiger partial charge in [0.2, 0.25) is 0 Å². The first kappa shape index (κ1) is 45.5. The maximum Gasteiger partial charge on any atom is 0.338 e. The highest BCUT2D eigenvalue weighted by molar-refractivity contribution is 6.76. The molecule has 0 radical (unpaired) electrons. The molecule has 332 valence electrons. The van der Waals surface area contributed by atoms with Crippen LogP contribution in [0.3, 0.4) is 0 Å². The van der Waals surface area contributed by atoms with Gasteiger partial charge in [-0.3, -0.25) is 0 Å². The van der Waals surface area contributed by atoms with E-state index >= 15 is 0 Å². The van der Waals surface area contributed by atoms with Crippen LogP contribution in [0.15, 0.2) is 109 Å². The van der Waals surface area contributed by atoms with Gasteiger partial charge in [-0.05, 0) is 65.7 Å². The lowest BCUT2D eigenvalue weighted by molar-refractivity contribution is -0.567. The number of esters is 2. The smallest absolute Gasteiger partial charge is 0.338 e. The fraction of sp³-hybridized carbons (Fsp3) is 0.326. The lowest BCUT2D eigenvalue weighted by atomic mass is 9.95. The second kappa shape index (κ2) is 19.9. The van der Waals surface area contributed by atoms with Crippen molar-refractivity contribution in [3.8, 4) is 22.9 Å². The summed E-state index contributed by atoms with van der Waals surface area (Å²) in [6.45, 7) is 16.4. The van der Waals surface area contributed by atoms with E-state index in [0.717, 1.165) is 64.4 Å². The van der Waals surface area contributed by atoms with E-state index in [-0.39, 0.29) is 5.92 Å². The number of ether oxygens (including phenoxy) is 4. The van der Waals surface area contributed by atoms with Gasteiger partial charge in [-0.1, -0.05) is 68.3 Å². The molecule has 1 aromatic carbocycles. The van der Waals surface area contributed by atoms with Crippen molar-refractivity contribution in [1.29, 1.82) is 0 Å². The molecule has 0 saturated heterocycles. The van der Waals surface area contributed by atoms with Gasteiger partial charge in [-0.15, -0.1) is 0 Å². The zero-order valence-corrected chi connectivity index (χ0v) is 39.6. The van der Waals surface area contributed by atoms with Gasteiger partial charge in [0.15, 0.2) is 17.9 Å². The highest BCUT2D eigenvalue weighted by Gasteiger charge is 2.29. The molecule has 64 heavy (non-hydrogen) atoms. The molecule has 0 spiro atoms. The normalized spacial score (nSPS) is 14.6. The number of nitrogens with zero attached hydrogens (tertiary/aromatic N) is 10. The number of allylic oxidation sites excluding steroid dienone is 4. The van der Waals surface area contributed by atoms with Gasteiger partial charge in [0, 0.05) is 51.7 Å². The number of fused-ring (bicyclic) bond motifs is 2. The molecule has 0 bridgehead atoms. The number of aromatic nitrogens is 8. The molecule has 1 unspecified atom stereocenters. The van der Waals surface area contributed by atoms with E-state index < -0.39 is 28.1 Å². The molecule has 6 aromatic rings. The van der Waals surface area contributed by atoms with Crippen molar-refractivity contribution < 1.29 is 33.2 Å². The maximum atomic E-state index is 11.9. The topological polar surface area (TPSA) is 166 Å². The summed E-state index contributed by atoms with van der Waals surface area (Å²) < 4.78 is 28.5. The van der Waals surface area contributed by atoms with Crippen LogP contribution in [0, 0.1) is 5.92 Å². The van der Waals surface area contributed by atoms with E-state index in [1.54, 1.807) is 58.4 Å². The number of rotatable bonds is 16. The third-order valence-corrected chi connectivity index (χ3v) is 13.8. The fourth-order valence-electron chi connectivity index (χ4n) is 6.79. The Morgan fingerprint density at radius 3 is 1.95 bits per heavy atom. The van der Waals surface area contributed by atoms with Crippen molar-refractivity contribution >= 4 is 56.5 Å². The predicted octanol–water partition coefficient (Wildman–Crippen LogP) is 7.77. The monoisotopic (exact) mass is 899 g/mol. The molecule has 1 aliphatic carbocycles. The first-order chi connectivity index (χ1) is 30.7. The van der Waals surface area contributed by atoms with Crippen LogP contribution in [0.25, 0.3) is 39.4 Å². The van der Waals surface area contributed by atoms with Crippen molar-refractivity contribution in [2.75, 3.05) is 34.2 Å². The number of hydrogen-bond donors (Lipinski definition) is 0. The zero-order chi connectivity index (χ0) is 45.4. The summed E-state index contributed by atoms with van der Waals surface area (Å²) in [5, 5.41) is 19.1. The Bertz CT molecular complexity index is 2760. The minimum atomic E-state index is -1.13. The van der Waals surface area contributed by atoms with Crippen molar-refractivity contribution in [1.82, 2.24) is 39.3 Å². The minimum Gasteiger partial charge on any atom is -0.465 e. The summed E-state index contributed by atoms with van der Waals surface area (Å²) in [6.07, 6.45) is 16.7. The van der Waals surface area contributed by atoms with Crippen molar-refractivity contribution in [3.05, 3.63) is 121 Å². The molecule has 1 aliphatic heterocycles. The highest BCUT2D eigenvalue weighted by atomic mass is 28.3. The van der Waals surface area contributed by atoms with Gasteiger partial charge in [-0.2, -0.15) is 15.3 Å². The Morgan fingerprint density at radius 1 is 0.719 bits per heavy atom. The fourth-order valence-corrected chi connectivity index (χ4v) is 8.31. The zero-order valence-electron chi connectivity index (χ0n) is 37.6. The van der Waals surface area contributed by atoms with E-state index in [1.165, 1.54) is 14.2 Å². The van der Waals surface area contributed by atoms with Crippen LogP contribution in [0.5, 0.6) is 0 Å². The molecule has 0 N–H and O–H groups in total. The van der Waals surface area contributed by atoms with Gasteiger partial charge in [-0.25, -0.2) is 33.6 Å². The summed E-state index contributed by atoms with van der Waals surface area (Å²) >= 11 is 0.